The molecule has 1 fully saturated rings. The first-order valence-corrected chi connectivity index (χ1v) is 11.8. The summed E-state index contributed by atoms with van der Waals surface area (Å²) in [6, 6.07) is 6.94. The van der Waals surface area contributed by atoms with Crippen LogP contribution in [0.4, 0.5) is 5.69 Å². The second-order valence-electron chi connectivity index (χ2n) is 8.89. The molecule has 2 heterocycles. The van der Waals surface area contributed by atoms with Gasteiger partial charge < -0.3 is 19.9 Å². The van der Waals surface area contributed by atoms with E-state index in [4.69, 9.17) is 4.74 Å². The van der Waals surface area contributed by atoms with Crippen molar-refractivity contribution in [3.05, 3.63) is 42.2 Å². The molecule has 8 nitrogen and oxygen atoms in total. The molecule has 2 N–H and O–H groups in total. The first kappa shape index (κ1) is 24.3. The van der Waals surface area contributed by atoms with E-state index >= 15 is 0 Å². The second kappa shape index (κ2) is 10.5. The Balaban J connectivity index is 1.48. The molecule has 32 heavy (non-hydrogen) atoms. The molecule has 0 saturated carbocycles. The van der Waals surface area contributed by atoms with Crippen LogP contribution >= 0.6 is 11.8 Å². The van der Waals surface area contributed by atoms with Gasteiger partial charge in [0.1, 0.15) is 0 Å². The number of nitrogens with one attached hydrogen (secondary N) is 2. The van der Waals surface area contributed by atoms with Crippen molar-refractivity contribution in [2.45, 2.75) is 50.6 Å². The van der Waals surface area contributed by atoms with Crippen LogP contribution < -0.4 is 10.6 Å². The van der Waals surface area contributed by atoms with Gasteiger partial charge in [-0.05, 0) is 52.0 Å². The number of thioether (sulfide) groups is 1. The zero-order valence-electron chi connectivity index (χ0n) is 19.4. The number of amides is 2. The number of nitrogens with zero attached hydrogens (tertiary/aromatic N) is 3. The second-order valence-corrected chi connectivity index (χ2v) is 9.83. The monoisotopic (exact) mass is 459 g/mol. The number of hydrogen-bond donors (Lipinski definition) is 2. The summed E-state index contributed by atoms with van der Waals surface area (Å²) < 4.78 is 7.69. The van der Waals surface area contributed by atoms with Gasteiger partial charge in [-0.3, -0.25) is 14.5 Å². The standard InChI is InChI=1S/C23H33N5O3S/c1-16-12-28(13-17(2)31-16)23(3,4)15-25-21(30)18-6-8-19(9-7-18)26-20(29)14-32-22-24-10-11-27(22)5/h6-11,16-17H,12-15H2,1-5H3,(H,25,30)(H,26,29)/t16-,17-/m0/s1. The van der Waals surface area contributed by atoms with Gasteiger partial charge in [0.05, 0.1) is 18.0 Å². The molecule has 3 rings (SSSR count). The van der Waals surface area contributed by atoms with Gasteiger partial charge in [-0.1, -0.05) is 11.8 Å². The van der Waals surface area contributed by atoms with Crippen LogP contribution in [-0.2, 0) is 16.6 Å². The Morgan fingerprint density at radius 3 is 2.44 bits per heavy atom. The molecular weight excluding hydrogens is 426 g/mol. The SMILES string of the molecule is C[C@H]1CN(C(C)(C)CNC(=O)c2ccc(NC(=O)CSc3nccn3C)cc2)C[C@H](C)O1. The zero-order valence-corrected chi connectivity index (χ0v) is 20.2. The molecule has 1 aromatic heterocycles. The number of anilines is 1. The highest BCUT2D eigenvalue weighted by molar-refractivity contribution is 7.99. The lowest BCUT2D eigenvalue weighted by Crippen LogP contribution is -2.58. The van der Waals surface area contributed by atoms with Crippen molar-refractivity contribution in [2.75, 3.05) is 30.7 Å². The van der Waals surface area contributed by atoms with E-state index in [-0.39, 0.29) is 35.3 Å². The average molecular weight is 460 g/mol. The molecular formula is C23H33N5O3S. The molecule has 2 aromatic rings. The molecule has 1 saturated heterocycles. The van der Waals surface area contributed by atoms with E-state index in [9.17, 15) is 9.59 Å². The van der Waals surface area contributed by atoms with Crippen LogP contribution in [0.3, 0.4) is 0 Å². The summed E-state index contributed by atoms with van der Waals surface area (Å²) in [5, 5.41) is 6.68. The summed E-state index contributed by atoms with van der Waals surface area (Å²) in [7, 11) is 1.89. The molecule has 2 amide bonds. The highest BCUT2D eigenvalue weighted by Gasteiger charge is 2.33. The number of aryl methyl sites for hydroxylation is 1. The fraction of sp³-hybridized carbons (Fsp3) is 0.522. The van der Waals surface area contributed by atoms with Crippen LogP contribution in [0.25, 0.3) is 0 Å². The molecule has 0 radical (unpaired) electrons. The summed E-state index contributed by atoms with van der Waals surface area (Å²) in [6.07, 6.45) is 3.90. The highest BCUT2D eigenvalue weighted by atomic mass is 32.2. The summed E-state index contributed by atoms with van der Waals surface area (Å²) in [5.74, 6) is 0.0163. The Hall–Kier alpha value is -2.36. The van der Waals surface area contributed by atoms with Crippen molar-refractivity contribution in [3.8, 4) is 0 Å². The lowest BCUT2D eigenvalue weighted by molar-refractivity contribution is -0.113. The van der Waals surface area contributed by atoms with Gasteiger partial charge in [0, 0.05) is 55.9 Å². The van der Waals surface area contributed by atoms with Gasteiger partial charge in [0.2, 0.25) is 5.91 Å². The van der Waals surface area contributed by atoms with Crippen LogP contribution in [0.2, 0.25) is 0 Å². The Labute approximate surface area is 194 Å². The fourth-order valence-corrected chi connectivity index (χ4v) is 4.44. The Morgan fingerprint density at radius 2 is 1.84 bits per heavy atom. The van der Waals surface area contributed by atoms with Crippen LogP contribution in [0.1, 0.15) is 38.1 Å². The van der Waals surface area contributed by atoms with Crippen LogP contribution in [0.15, 0.2) is 41.8 Å². The highest BCUT2D eigenvalue weighted by Crippen LogP contribution is 2.21. The largest absolute Gasteiger partial charge is 0.373 e. The maximum atomic E-state index is 12.6. The number of benzene rings is 1. The summed E-state index contributed by atoms with van der Waals surface area (Å²) in [6.45, 7) is 10.7. The van der Waals surface area contributed by atoms with Gasteiger partial charge in [0.25, 0.3) is 5.91 Å². The van der Waals surface area contributed by atoms with Crippen LogP contribution in [-0.4, -0.2) is 69.4 Å². The van der Waals surface area contributed by atoms with Crippen molar-refractivity contribution in [1.29, 1.82) is 0 Å². The number of morpholine rings is 1. The first-order chi connectivity index (χ1) is 15.1. The van der Waals surface area contributed by atoms with E-state index in [0.717, 1.165) is 18.2 Å². The summed E-state index contributed by atoms with van der Waals surface area (Å²) >= 11 is 1.37. The molecule has 2 atom stereocenters. The number of ether oxygens (including phenoxy) is 1. The van der Waals surface area contributed by atoms with Crippen molar-refractivity contribution >= 4 is 29.3 Å². The van der Waals surface area contributed by atoms with E-state index < -0.39 is 0 Å². The minimum absolute atomic E-state index is 0.120. The minimum atomic E-state index is -0.180. The molecule has 1 aromatic carbocycles. The van der Waals surface area contributed by atoms with E-state index in [1.165, 1.54) is 11.8 Å². The van der Waals surface area contributed by atoms with Gasteiger partial charge in [-0.2, -0.15) is 0 Å². The van der Waals surface area contributed by atoms with Crippen molar-refractivity contribution < 1.29 is 14.3 Å². The van der Waals surface area contributed by atoms with E-state index in [2.05, 4.69) is 48.2 Å². The quantitative estimate of drug-likeness (QED) is 0.590. The zero-order chi connectivity index (χ0) is 23.3. The normalized spacial score (nSPS) is 19.5. The summed E-state index contributed by atoms with van der Waals surface area (Å²) in [4.78, 5) is 31.4. The number of aromatic nitrogens is 2. The maximum Gasteiger partial charge on any atom is 0.251 e. The van der Waals surface area contributed by atoms with Gasteiger partial charge >= 0.3 is 0 Å². The van der Waals surface area contributed by atoms with Crippen LogP contribution in [0, 0.1) is 0 Å². The van der Waals surface area contributed by atoms with Gasteiger partial charge in [0.15, 0.2) is 5.16 Å². The minimum Gasteiger partial charge on any atom is -0.373 e. The first-order valence-electron chi connectivity index (χ1n) is 10.8. The number of carbonyl (C=O) groups excluding carboxylic acids is 2. The fourth-order valence-electron chi connectivity index (χ4n) is 3.71. The third-order valence-corrected chi connectivity index (χ3v) is 6.56. The number of imidazole rings is 1. The van der Waals surface area contributed by atoms with Gasteiger partial charge in [-0.25, -0.2) is 4.98 Å². The molecule has 0 bridgehead atoms. The topological polar surface area (TPSA) is 88.5 Å². The molecule has 0 spiro atoms. The third-order valence-electron chi connectivity index (χ3n) is 5.50. The Bertz CT molecular complexity index is 918. The maximum absolute atomic E-state index is 12.6. The Morgan fingerprint density at radius 1 is 1.19 bits per heavy atom. The number of hydrogen-bond acceptors (Lipinski definition) is 6. The molecule has 1 aliphatic rings. The number of carbonyl (C=O) groups is 2. The average Bonchev–Trinajstić information content (AvgIpc) is 3.15. The molecule has 174 valence electrons. The van der Waals surface area contributed by atoms with E-state index in [1.807, 2.05) is 17.8 Å². The predicted octanol–water partition coefficient (Wildman–Crippen LogP) is 2.77. The molecule has 9 heteroatoms. The lowest BCUT2D eigenvalue weighted by atomic mass is 10.00. The lowest BCUT2D eigenvalue weighted by Gasteiger charge is -2.45. The third kappa shape index (κ3) is 6.57. The van der Waals surface area contributed by atoms with Crippen molar-refractivity contribution in [3.63, 3.8) is 0 Å². The van der Waals surface area contributed by atoms with Crippen molar-refractivity contribution in [2.24, 2.45) is 7.05 Å². The van der Waals surface area contributed by atoms with E-state index in [0.29, 0.717) is 17.8 Å². The molecule has 1 aliphatic heterocycles. The molecule has 0 unspecified atom stereocenters. The van der Waals surface area contributed by atoms with Crippen LogP contribution in [0.5, 0.6) is 0 Å². The predicted molar refractivity (Wildman–Crippen MR) is 127 cm³/mol. The smallest absolute Gasteiger partial charge is 0.251 e. The number of rotatable bonds is 8. The van der Waals surface area contributed by atoms with E-state index in [1.54, 1.807) is 30.5 Å². The molecule has 0 aliphatic carbocycles. The van der Waals surface area contributed by atoms with Gasteiger partial charge in [-0.15, -0.1) is 0 Å². The summed E-state index contributed by atoms with van der Waals surface area (Å²) in [5.41, 5.74) is 1.04. The van der Waals surface area contributed by atoms with Crippen molar-refractivity contribution in [1.82, 2.24) is 19.8 Å². The Kier molecular flexibility index (Phi) is 7.97.